The molecule has 0 heterocycles. The van der Waals surface area contributed by atoms with Crippen LogP contribution >= 0.6 is 0 Å². The summed E-state index contributed by atoms with van der Waals surface area (Å²) in [6.45, 7) is 5.05. The van der Waals surface area contributed by atoms with Crippen LogP contribution in [0.4, 0.5) is 0 Å². The first-order valence-corrected chi connectivity index (χ1v) is 2.61. The molecule has 0 fully saturated rings. The van der Waals surface area contributed by atoms with E-state index in [9.17, 15) is 0 Å². The minimum absolute atomic E-state index is 0.816. The molecule has 0 aliphatic carbocycles. The Kier molecular flexibility index (Phi) is 4.10. The van der Waals surface area contributed by atoms with Crippen LogP contribution in [-0.4, -0.2) is 13.7 Å². The van der Waals surface area contributed by atoms with Gasteiger partial charge in [-0.3, -0.25) is 0 Å². The second-order valence-corrected chi connectivity index (χ2v) is 1.74. The summed E-state index contributed by atoms with van der Waals surface area (Å²) < 4.78 is 4.86. The van der Waals surface area contributed by atoms with Crippen LogP contribution < -0.4 is 0 Å². The fraction of sp³-hybridized carbons (Fsp3) is 0.833. The van der Waals surface area contributed by atoms with E-state index in [2.05, 4.69) is 13.8 Å². The number of methoxy groups -OCH3 is 1. The zero-order chi connectivity index (χ0) is 5.70. The molecule has 0 rings (SSSR count). The highest BCUT2D eigenvalue weighted by molar-refractivity contribution is 4.80. The van der Waals surface area contributed by atoms with E-state index in [1.807, 2.05) is 0 Å². The Morgan fingerprint density at radius 2 is 2.14 bits per heavy atom. The van der Waals surface area contributed by atoms with Gasteiger partial charge in [-0.25, -0.2) is 0 Å². The largest absolute Gasteiger partial charge is 0.384 e. The third-order valence-corrected chi connectivity index (χ3v) is 0.994. The summed E-state index contributed by atoms with van der Waals surface area (Å²) in [5, 5.41) is 0. The Morgan fingerprint density at radius 3 is 2.29 bits per heavy atom. The van der Waals surface area contributed by atoms with Gasteiger partial charge in [-0.05, 0) is 12.3 Å². The van der Waals surface area contributed by atoms with Gasteiger partial charge >= 0.3 is 0 Å². The summed E-state index contributed by atoms with van der Waals surface area (Å²) in [5.41, 5.74) is 0. The van der Waals surface area contributed by atoms with Gasteiger partial charge in [0.1, 0.15) is 0 Å². The first kappa shape index (κ1) is 6.96. The van der Waals surface area contributed by atoms with Crippen molar-refractivity contribution in [1.29, 1.82) is 0 Å². The third-order valence-electron chi connectivity index (χ3n) is 0.994. The van der Waals surface area contributed by atoms with Crippen molar-refractivity contribution in [2.24, 2.45) is 0 Å². The smallest absolute Gasteiger partial charge is 0.0521 e. The van der Waals surface area contributed by atoms with Crippen LogP contribution in [0.2, 0.25) is 0 Å². The Morgan fingerprint density at radius 1 is 1.57 bits per heavy atom. The lowest BCUT2D eigenvalue weighted by atomic mass is 10.1. The summed E-state index contributed by atoms with van der Waals surface area (Å²) in [6, 6.07) is 0. The molecule has 1 nitrogen and oxygen atoms in total. The number of hydrogen-bond acceptors (Lipinski definition) is 1. The van der Waals surface area contributed by atoms with Crippen molar-refractivity contribution in [2.45, 2.75) is 20.3 Å². The van der Waals surface area contributed by atoms with Crippen molar-refractivity contribution in [1.82, 2.24) is 0 Å². The van der Waals surface area contributed by atoms with E-state index in [1.54, 1.807) is 7.11 Å². The highest BCUT2D eigenvalue weighted by atomic mass is 16.5. The fourth-order valence-corrected chi connectivity index (χ4v) is 0.348. The van der Waals surface area contributed by atoms with Gasteiger partial charge in [-0.15, -0.1) is 0 Å². The van der Waals surface area contributed by atoms with Gasteiger partial charge in [0.15, 0.2) is 0 Å². The van der Waals surface area contributed by atoms with E-state index < -0.39 is 0 Å². The lowest BCUT2D eigenvalue weighted by Gasteiger charge is -2.02. The van der Waals surface area contributed by atoms with Crippen molar-refractivity contribution in [2.75, 3.05) is 13.7 Å². The number of rotatable bonds is 3. The zero-order valence-electron chi connectivity index (χ0n) is 5.32. The molecule has 0 atom stereocenters. The van der Waals surface area contributed by atoms with Gasteiger partial charge in [0.25, 0.3) is 0 Å². The Bertz CT molecular complexity index is 35.2. The average molecular weight is 101 g/mol. The van der Waals surface area contributed by atoms with E-state index >= 15 is 0 Å². The Labute approximate surface area is 45.7 Å². The molecule has 1 heteroatoms. The SMILES string of the molecule is CC[C](C)COC. The predicted octanol–water partition coefficient (Wildman–Crippen LogP) is 1.64. The van der Waals surface area contributed by atoms with Crippen molar-refractivity contribution in [3.05, 3.63) is 5.92 Å². The van der Waals surface area contributed by atoms with Crippen molar-refractivity contribution < 1.29 is 4.74 Å². The molecule has 0 saturated heterocycles. The topological polar surface area (TPSA) is 9.23 Å². The van der Waals surface area contributed by atoms with E-state index in [0.717, 1.165) is 13.0 Å². The zero-order valence-corrected chi connectivity index (χ0v) is 5.32. The minimum Gasteiger partial charge on any atom is -0.384 e. The maximum atomic E-state index is 4.86. The van der Waals surface area contributed by atoms with Gasteiger partial charge < -0.3 is 4.74 Å². The molecule has 0 amide bonds. The maximum Gasteiger partial charge on any atom is 0.0521 e. The van der Waals surface area contributed by atoms with Gasteiger partial charge in [0, 0.05) is 7.11 Å². The fourth-order valence-electron chi connectivity index (χ4n) is 0.348. The molecule has 0 aromatic heterocycles. The minimum atomic E-state index is 0.816. The van der Waals surface area contributed by atoms with Gasteiger partial charge in [0.2, 0.25) is 0 Å². The predicted molar refractivity (Wildman–Crippen MR) is 31.1 cm³/mol. The quantitative estimate of drug-likeness (QED) is 0.525. The number of ether oxygens (including phenoxy) is 1. The monoisotopic (exact) mass is 101 g/mol. The lowest BCUT2D eigenvalue weighted by molar-refractivity contribution is 0.208. The summed E-state index contributed by atoms with van der Waals surface area (Å²) in [6.07, 6.45) is 1.13. The van der Waals surface area contributed by atoms with E-state index in [1.165, 1.54) is 5.92 Å². The summed E-state index contributed by atoms with van der Waals surface area (Å²) in [5.74, 6) is 1.41. The molecule has 1 radical (unpaired) electrons. The van der Waals surface area contributed by atoms with Crippen LogP contribution in [0.15, 0.2) is 0 Å². The van der Waals surface area contributed by atoms with Crippen LogP contribution in [-0.2, 0) is 4.74 Å². The van der Waals surface area contributed by atoms with Crippen LogP contribution in [0.3, 0.4) is 0 Å². The van der Waals surface area contributed by atoms with Gasteiger partial charge in [0.05, 0.1) is 6.61 Å². The molecule has 7 heavy (non-hydrogen) atoms. The highest BCUT2D eigenvalue weighted by Crippen LogP contribution is 2.01. The van der Waals surface area contributed by atoms with E-state index in [4.69, 9.17) is 4.74 Å². The molecule has 0 aliphatic heterocycles. The first-order chi connectivity index (χ1) is 3.31. The van der Waals surface area contributed by atoms with Crippen LogP contribution in [0.5, 0.6) is 0 Å². The summed E-state index contributed by atoms with van der Waals surface area (Å²) in [4.78, 5) is 0. The van der Waals surface area contributed by atoms with Crippen molar-refractivity contribution in [3.8, 4) is 0 Å². The van der Waals surface area contributed by atoms with E-state index in [-0.39, 0.29) is 0 Å². The first-order valence-electron chi connectivity index (χ1n) is 2.61. The lowest BCUT2D eigenvalue weighted by Crippen LogP contribution is -1.97. The summed E-state index contributed by atoms with van der Waals surface area (Å²) >= 11 is 0. The average Bonchev–Trinajstić information content (AvgIpc) is 1.68. The van der Waals surface area contributed by atoms with Crippen LogP contribution in [0.1, 0.15) is 20.3 Å². The van der Waals surface area contributed by atoms with Crippen molar-refractivity contribution >= 4 is 0 Å². The number of hydrogen-bond donors (Lipinski definition) is 0. The second kappa shape index (κ2) is 4.13. The molecule has 0 aromatic rings. The molecule has 43 valence electrons. The van der Waals surface area contributed by atoms with Gasteiger partial charge in [-0.1, -0.05) is 13.8 Å². The Balaban J connectivity index is 2.83. The molecule has 0 aromatic carbocycles. The molecule has 0 unspecified atom stereocenters. The second-order valence-electron chi connectivity index (χ2n) is 1.74. The molecule has 0 aliphatic rings. The molecular formula is C6H13O. The molecule has 0 saturated carbocycles. The maximum absolute atomic E-state index is 4.86. The molecule has 0 N–H and O–H groups in total. The normalized spacial score (nSPS) is 10.3. The third kappa shape index (κ3) is 3.80. The van der Waals surface area contributed by atoms with Gasteiger partial charge in [-0.2, -0.15) is 0 Å². The van der Waals surface area contributed by atoms with Crippen LogP contribution in [0.25, 0.3) is 0 Å². The van der Waals surface area contributed by atoms with Crippen LogP contribution in [0, 0.1) is 5.92 Å². The summed E-state index contributed by atoms with van der Waals surface area (Å²) in [7, 11) is 1.72. The Hall–Kier alpha value is -0.0400. The molecule has 0 bridgehead atoms. The highest BCUT2D eigenvalue weighted by Gasteiger charge is 1.94. The van der Waals surface area contributed by atoms with Crippen molar-refractivity contribution in [3.63, 3.8) is 0 Å². The van der Waals surface area contributed by atoms with E-state index in [0.29, 0.717) is 0 Å². The molecule has 0 spiro atoms. The molecular weight excluding hydrogens is 88.1 g/mol. The standard InChI is InChI=1S/C6H13O/c1-4-6(2)5-7-3/h4-5H2,1-3H3.